The molecule has 1 aliphatic rings. The van der Waals surface area contributed by atoms with Crippen molar-refractivity contribution in [2.75, 3.05) is 46.3 Å². The van der Waals surface area contributed by atoms with Crippen LogP contribution in [0.2, 0.25) is 0 Å². The van der Waals surface area contributed by atoms with Crippen molar-refractivity contribution in [1.82, 2.24) is 20.4 Å². The summed E-state index contributed by atoms with van der Waals surface area (Å²) in [5, 5.41) is 5.58. The highest BCUT2D eigenvalue weighted by atomic mass is 16.2. The largest absolute Gasteiger partial charge is 0.358 e. The highest BCUT2D eigenvalue weighted by Gasteiger charge is 2.28. The van der Waals surface area contributed by atoms with E-state index in [-0.39, 0.29) is 12.5 Å². The molecule has 1 saturated heterocycles. The van der Waals surface area contributed by atoms with E-state index < -0.39 is 11.8 Å². The van der Waals surface area contributed by atoms with E-state index >= 15 is 0 Å². The number of amides is 3. The van der Waals surface area contributed by atoms with Gasteiger partial charge in [-0.3, -0.25) is 14.4 Å². The predicted molar refractivity (Wildman–Crippen MR) is 70.4 cm³/mol. The van der Waals surface area contributed by atoms with Gasteiger partial charge in [0, 0.05) is 39.8 Å². The van der Waals surface area contributed by atoms with Crippen LogP contribution in [0.4, 0.5) is 0 Å². The van der Waals surface area contributed by atoms with Crippen LogP contribution < -0.4 is 10.6 Å². The number of carbonyl (C=O) groups excluding carboxylic acids is 3. The minimum absolute atomic E-state index is 0.0684. The van der Waals surface area contributed by atoms with Crippen LogP contribution in [0.1, 0.15) is 13.3 Å². The second kappa shape index (κ2) is 7.73. The fraction of sp³-hybridized carbons (Fsp3) is 0.750. The van der Waals surface area contributed by atoms with Crippen molar-refractivity contribution in [2.24, 2.45) is 0 Å². The van der Waals surface area contributed by atoms with Gasteiger partial charge in [-0.25, -0.2) is 0 Å². The maximum atomic E-state index is 12.1. The Morgan fingerprint density at radius 1 is 1.26 bits per heavy atom. The van der Waals surface area contributed by atoms with Gasteiger partial charge < -0.3 is 20.4 Å². The molecular formula is C12H22N4O3. The maximum absolute atomic E-state index is 12.1. The third kappa shape index (κ3) is 4.51. The van der Waals surface area contributed by atoms with Crippen molar-refractivity contribution < 1.29 is 14.4 Å². The van der Waals surface area contributed by atoms with Gasteiger partial charge in [0.05, 0.1) is 6.54 Å². The minimum atomic E-state index is -0.590. The monoisotopic (exact) mass is 270 g/mol. The average molecular weight is 270 g/mol. The Balaban J connectivity index is 2.63. The molecule has 0 unspecified atom stereocenters. The molecule has 0 radical (unpaired) electrons. The number of hydrogen-bond donors (Lipinski definition) is 2. The topological polar surface area (TPSA) is 81.8 Å². The molecule has 19 heavy (non-hydrogen) atoms. The first-order valence-corrected chi connectivity index (χ1v) is 6.59. The Labute approximate surface area is 113 Å². The molecule has 2 N–H and O–H groups in total. The lowest BCUT2D eigenvalue weighted by molar-refractivity contribution is -0.153. The molecule has 7 nitrogen and oxygen atoms in total. The van der Waals surface area contributed by atoms with E-state index in [4.69, 9.17) is 0 Å². The third-order valence-electron chi connectivity index (χ3n) is 2.98. The van der Waals surface area contributed by atoms with Crippen molar-refractivity contribution in [3.05, 3.63) is 0 Å². The van der Waals surface area contributed by atoms with Crippen molar-refractivity contribution in [1.29, 1.82) is 0 Å². The van der Waals surface area contributed by atoms with Gasteiger partial charge in [0.15, 0.2) is 0 Å². The van der Waals surface area contributed by atoms with Crippen molar-refractivity contribution in [3.63, 3.8) is 0 Å². The molecular weight excluding hydrogens is 248 g/mol. The second-order valence-corrected chi connectivity index (χ2v) is 4.44. The van der Waals surface area contributed by atoms with Gasteiger partial charge >= 0.3 is 11.8 Å². The zero-order valence-electron chi connectivity index (χ0n) is 11.6. The number of carbonyl (C=O) groups is 3. The van der Waals surface area contributed by atoms with Crippen LogP contribution in [0.15, 0.2) is 0 Å². The molecule has 0 spiro atoms. The fourth-order valence-corrected chi connectivity index (χ4v) is 1.91. The Hall–Kier alpha value is -1.63. The van der Waals surface area contributed by atoms with Gasteiger partial charge in [-0.1, -0.05) is 6.92 Å². The van der Waals surface area contributed by atoms with Crippen LogP contribution in [0.25, 0.3) is 0 Å². The van der Waals surface area contributed by atoms with Crippen LogP contribution in [-0.2, 0) is 14.4 Å². The lowest BCUT2D eigenvalue weighted by Gasteiger charge is -2.29. The first-order chi connectivity index (χ1) is 9.10. The molecule has 1 aliphatic heterocycles. The smallest absolute Gasteiger partial charge is 0.312 e. The SMILES string of the molecule is CCCN(CC(=O)NC)C(=O)C(=O)N1CCNCC1. The van der Waals surface area contributed by atoms with Crippen LogP contribution in [-0.4, -0.2) is 73.8 Å². The van der Waals surface area contributed by atoms with Crippen LogP contribution >= 0.6 is 0 Å². The zero-order chi connectivity index (χ0) is 14.3. The Bertz CT molecular complexity index is 340. The number of piperazine rings is 1. The summed E-state index contributed by atoms with van der Waals surface area (Å²) in [7, 11) is 1.51. The van der Waals surface area contributed by atoms with Gasteiger partial charge in [-0.05, 0) is 6.42 Å². The highest BCUT2D eigenvalue weighted by molar-refractivity contribution is 6.35. The van der Waals surface area contributed by atoms with Crippen molar-refractivity contribution >= 4 is 17.7 Å². The number of nitrogens with zero attached hydrogens (tertiary/aromatic N) is 2. The molecule has 7 heteroatoms. The highest BCUT2D eigenvalue weighted by Crippen LogP contribution is 2.00. The Kier molecular flexibility index (Phi) is 6.27. The molecule has 0 aromatic rings. The number of nitrogens with one attached hydrogen (secondary N) is 2. The Morgan fingerprint density at radius 3 is 2.42 bits per heavy atom. The van der Waals surface area contributed by atoms with Crippen molar-refractivity contribution in [3.8, 4) is 0 Å². The summed E-state index contributed by atoms with van der Waals surface area (Å²) in [6.45, 7) is 4.70. The quantitative estimate of drug-likeness (QED) is 0.603. The summed E-state index contributed by atoms with van der Waals surface area (Å²) < 4.78 is 0. The van der Waals surface area contributed by atoms with Crippen LogP contribution in [0.5, 0.6) is 0 Å². The molecule has 1 heterocycles. The zero-order valence-corrected chi connectivity index (χ0v) is 11.6. The second-order valence-electron chi connectivity index (χ2n) is 4.44. The van der Waals surface area contributed by atoms with Crippen molar-refractivity contribution in [2.45, 2.75) is 13.3 Å². The standard InChI is InChI=1S/C12H22N4O3/c1-3-6-16(9-10(17)13-2)12(19)11(18)15-7-4-14-5-8-15/h14H,3-9H2,1-2H3,(H,13,17). The minimum Gasteiger partial charge on any atom is -0.358 e. The first kappa shape index (κ1) is 15.4. The first-order valence-electron chi connectivity index (χ1n) is 6.59. The molecule has 0 bridgehead atoms. The molecule has 3 amide bonds. The third-order valence-corrected chi connectivity index (χ3v) is 2.98. The summed E-state index contributed by atoms with van der Waals surface area (Å²) in [5.41, 5.74) is 0. The van der Waals surface area contributed by atoms with Gasteiger partial charge in [0.2, 0.25) is 5.91 Å². The summed E-state index contributed by atoms with van der Waals surface area (Å²) in [6, 6.07) is 0. The number of rotatable bonds is 4. The lowest BCUT2D eigenvalue weighted by atomic mass is 10.3. The summed E-state index contributed by atoms with van der Waals surface area (Å²) in [5.74, 6) is -1.37. The van der Waals surface area contributed by atoms with Gasteiger partial charge in [-0.15, -0.1) is 0 Å². The van der Waals surface area contributed by atoms with Crippen LogP contribution in [0.3, 0.4) is 0 Å². The summed E-state index contributed by atoms with van der Waals surface area (Å²) in [6.07, 6.45) is 0.706. The van der Waals surface area contributed by atoms with Gasteiger partial charge in [0.1, 0.15) is 0 Å². The predicted octanol–water partition coefficient (Wildman–Crippen LogP) is -1.60. The molecule has 1 rings (SSSR count). The summed E-state index contributed by atoms with van der Waals surface area (Å²) in [4.78, 5) is 38.4. The van der Waals surface area contributed by atoms with E-state index in [1.165, 1.54) is 16.8 Å². The molecule has 0 atom stereocenters. The van der Waals surface area contributed by atoms with Crippen LogP contribution in [0, 0.1) is 0 Å². The molecule has 108 valence electrons. The van der Waals surface area contributed by atoms with E-state index in [2.05, 4.69) is 10.6 Å². The van der Waals surface area contributed by atoms with E-state index in [0.717, 1.165) is 0 Å². The van der Waals surface area contributed by atoms with E-state index in [1.54, 1.807) is 0 Å². The Morgan fingerprint density at radius 2 is 1.89 bits per heavy atom. The molecule has 0 aliphatic carbocycles. The number of likely N-dealkylation sites (N-methyl/N-ethyl adjacent to an activating group) is 1. The van der Waals surface area contributed by atoms with Gasteiger partial charge in [-0.2, -0.15) is 0 Å². The molecule has 0 aromatic heterocycles. The van der Waals surface area contributed by atoms with E-state index in [1.807, 2.05) is 6.92 Å². The summed E-state index contributed by atoms with van der Waals surface area (Å²) >= 11 is 0. The van der Waals surface area contributed by atoms with E-state index in [0.29, 0.717) is 39.1 Å². The molecule has 1 fully saturated rings. The van der Waals surface area contributed by atoms with E-state index in [9.17, 15) is 14.4 Å². The average Bonchev–Trinajstić information content (AvgIpc) is 2.46. The molecule has 0 saturated carbocycles. The normalized spacial score (nSPS) is 14.9. The number of hydrogen-bond acceptors (Lipinski definition) is 4. The molecule has 0 aromatic carbocycles. The fourth-order valence-electron chi connectivity index (χ4n) is 1.91. The lowest BCUT2D eigenvalue weighted by Crippen LogP contribution is -2.53. The van der Waals surface area contributed by atoms with Gasteiger partial charge in [0.25, 0.3) is 0 Å². The maximum Gasteiger partial charge on any atom is 0.312 e.